The minimum atomic E-state index is -0.0769. The molecule has 1 amide bonds. The fourth-order valence-electron chi connectivity index (χ4n) is 2.68. The topological polar surface area (TPSA) is 72.7 Å². The first-order valence-corrected chi connectivity index (χ1v) is 9.27. The molecule has 3 aromatic rings. The van der Waals surface area contributed by atoms with Gasteiger partial charge in [-0.1, -0.05) is 29.5 Å². The summed E-state index contributed by atoms with van der Waals surface area (Å²) in [6.45, 7) is 7.92. The van der Waals surface area contributed by atoms with Gasteiger partial charge in [0.1, 0.15) is 5.03 Å². The Morgan fingerprint density at radius 3 is 2.58 bits per heavy atom. The van der Waals surface area contributed by atoms with Crippen LogP contribution in [0.25, 0.3) is 5.82 Å². The van der Waals surface area contributed by atoms with E-state index in [4.69, 9.17) is 0 Å². The predicted octanol–water partition coefficient (Wildman–Crippen LogP) is 3.63. The van der Waals surface area contributed by atoms with Crippen molar-refractivity contribution < 1.29 is 4.79 Å². The molecule has 1 N–H and O–H groups in total. The summed E-state index contributed by atoms with van der Waals surface area (Å²) in [7, 11) is 0. The Bertz CT molecular complexity index is 951. The van der Waals surface area contributed by atoms with Gasteiger partial charge >= 0.3 is 0 Å². The average molecular weight is 367 g/mol. The summed E-state index contributed by atoms with van der Waals surface area (Å²) in [6, 6.07) is 7.94. The summed E-state index contributed by atoms with van der Waals surface area (Å²) in [4.78, 5) is 21.1. The Labute approximate surface area is 157 Å². The first kappa shape index (κ1) is 18.1. The number of aryl methyl sites for hydroxylation is 4. The van der Waals surface area contributed by atoms with Gasteiger partial charge < -0.3 is 5.32 Å². The molecule has 0 saturated heterocycles. The summed E-state index contributed by atoms with van der Waals surface area (Å²) >= 11 is 1.35. The number of nitrogens with zero attached hydrogens (tertiary/aromatic N) is 4. The van der Waals surface area contributed by atoms with E-state index in [0.29, 0.717) is 10.8 Å². The zero-order valence-electron chi connectivity index (χ0n) is 15.3. The summed E-state index contributed by atoms with van der Waals surface area (Å²) in [6.07, 6.45) is 3.26. The number of carbonyl (C=O) groups is 1. The zero-order valence-corrected chi connectivity index (χ0v) is 16.1. The van der Waals surface area contributed by atoms with Crippen molar-refractivity contribution in [2.24, 2.45) is 0 Å². The molecule has 0 unspecified atom stereocenters. The molecule has 0 fully saturated rings. The van der Waals surface area contributed by atoms with Crippen LogP contribution in [0.2, 0.25) is 0 Å². The number of anilines is 1. The van der Waals surface area contributed by atoms with Gasteiger partial charge in [-0.15, -0.1) is 0 Å². The van der Waals surface area contributed by atoms with Crippen LogP contribution < -0.4 is 5.32 Å². The molecule has 0 radical (unpaired) electrons. The number of rotatable bonds is 5. The number of thioether (sulfide) groups is 1. The lowest BCUT2D eigenvalue weighted by Gasteiger charge is -2.10. The second-order valence-corrected chi connectivity index (χ2v) is 7.14. The smallest absolute Gasteiger partial charge is 0.234 e. The van der Waals surface area contributed by atoms with Crippen molar-refractivity contribution in [3.8, 4) is 5.82 Å². The molecular formula is C19H21N5OS. The summed E-state index contributed by atoms with van der Waals surface area (Å²) in [5, 5.41) is 8.08. The average Bonchev–Trinajstić information content (AvgIpc) is 2.94. The van der Waals surface area contributed by atoms with Crippen molar-refractivity contribution in [2.75, 3.05) is 11.1 Å². The highest BCUT2D eigenvalue weighted by molar-refractivity contribution is 8.00. The lowest BCUT2D eigenvalue weighted by Crippen LogP contribution is -2.15. The molecule has 0 aliphatic rings. The highest BCUT2D eigenvalue weighted by Gasteiger charge is 2.14. The Morgan fingerprint density at radius 2 is 1.88 bits per heavy atom. The molecule has 0 atom stereocenters. The molecule has 1 aromatic carbocycles. The molecule has 0 bridgehead atoms. The van der Waals surface area contributed by atoms with Crippen molar-refractivity contribution in [3.05, 3.63) is 59.2 Å². The second kappa shape index (κ2) is 7.70. The predicted molar refractivity (Wildman–Crippen MR) is 104 cm³/mol. The van der Waals surface area contributed by atoms with E-state index in [2.05, 4.69) is 20.4 Å². The van der Waals surface area contributed by atoms with E-state index in [0.717, 1.165) is 22.6 Å². The van der Waals surface area contributed by atoms with E-state index < -0.39 is 0 Å². The number of hydrogen-bond acceptors (Lipinski definition) is 5. The SMILES string of the molecule is Cc1ccc(NC(=O)CSc2nccnc2-n2nc(C)cc2C)c(C)c1. The van der Waals surface area contributed by atoms with Crippen LogP contribution in [0.15, 0.2) is 41.7 Å². The minimum absolute atomic E-state index is 0.0769. The van der Waals surface area contributed by atoms with Crippen molar-refractivity contribution in [1.82, 2.24) is 19.7 Å². The molecule has 134 valence electrons. The monoisotopic (exact) mass is 367 g/mol. The third-order valence-corrected chi connectivity index (χ3v) is 4.82. The third-order valence-electron chi connectivity index (χ3n) is 3.85. The van der Waals surface area contributed by atoms with Gasteiger partial charge in [0.15, 0.2) is 5.82 Å². The van der Waals surface area contributed by atoms with Gasteiger partial charge in [0.2, 0.25) is 5.91 Å². The molecule has 6 nitrogen and oxygen atoms in total. The van der Waals surface area contributed by atoms with E-state index in [1.165, 1.54) is 17.3 Å². The number of carbonyl (C=O) groups excluding carboxylic acids is 1. The third kappa shape index (κ3) is 4.11. The van der Waals surface area contributed by atoms with Crippen LogP contribution in [0.1, 0.15) is 22.5 Å². The van der Waals surface area contributed by atoms with Gasteiger partial charge in [-0.25, -0.2) is 14.6 Å². The fraction of sp³-hybridized carbons (Fsp3) is 0.263. The molecule has 2 heterocycles. The van der Waals surface area contributed by atoms with Crippen LogP contribution in [-0.2, 0) is 4.79 Å². The van der Waals surface area contributed by atoms with Gasteiger partial charge in [0, 0.05) is 23.8 Å². The number of hydrogen-bond donors (Lipinski definition) is 1. The number of nitrogens with one attached hydrogen (secondary N) is 1. The van der Waals surface area contributed by atoms with Crippen molar-refractivity contribution in [1.29, 1.82) is 0 Å². The van der Waals surface area contributed by atoms with Crippen LogP contribution in [-0.4, -0.2) is 31.4 Å². The number of benzene rings is 1. The van der Waals surface area contributed by atoms with E-state index in [1.54, 1.807) is 17.1 Å². The molecule has 0 saturated carbocycles. The Kier molecular flexibility index (Phi) is 5.37. The quantitative estimate of drug-likeness (QED) is 0.697. The molecule has 7 heteroatoms. The summed E-state index contributed by atoms with van der Waals surface area (Å²) < 4.78 is 1.76. The lowest BCUT2D eigenvalue weighted by molar-refractivity contribution is -0.113. The van der Waals surface area contributed by atoms with E-state index in [1.807, 2.05) is 52.0 Å². The maximum absolute atomic E-state index is 12.3. The Morgan fingerprint density at radius 1 is 1.12 bits per heavy atom. The van der Waals surface area contributed by atoms with Gasteiger partial charge in [0.05, 0.1) is 11.4 Å². The molecule has 0 spiro atoms. The number of amides is 1. The largest absolute Gasteiger partial charge is 0.325 e. The first-order chi connectivity index (χ1) is 12.4. The van der Waals surface area contributed by atoms with Crippen LogP contribution >= 0.6 is 11.8 Å². The maximum Gasteiger partial charge on any atom is 0.234 e. The van der Waals surface area contributed by atoms with E-state index in [-0.39, 0.29) is 11.7 Å². The normalized spacial score (nSPS) is 10.8. The molecule has 3 rings (SSSR count). The van der Waals surface area contributed by atoms with Crippen LogP contribution in [0.3, 0.4) is 0 Å². The van der Waals surface area contributed by atoms with Crippen LogP contribution in [0.5, 0.6) is 0 Å². The standard InChI is InChI=1S/C19H21N5OS/c1-12-5-6-16(13(2)9-12)22-17(25)11-26-19-18(20-7-8-21-19)24-15(4)10-14(3)23-24/h5-10H,11H2,1-4H3,(H,22,25). The molecule has 26 heavy (non-hydrogen) atoms. The highest BCUT2D eigenvalue weighted by atomic mass is 32.2. The van der Waals surface area contributed by atoms with Crippen molar-refractivity contribution in [3.63, 3.8) is 0 Å². The van der Waals surface area contributed by atoms with Gasteiger partial charge in [0.25, 0.3) is 0 Å². The number of aromatic nitrogens is 4. The first-order valence-electron chi connectivity index (χ1n) is 8.28. The Balaban J connectivity index is 1.72. The maximum atomic E-state index is 12.3. The lowest BCUT2D eigenvalue weighted by atomic mass is 10.1. The molecule has 2 aromatic heterocycles. The van der Waals surface area contributed by atoms with Gasteiger partial charge in [-0.2, -0.15) is 5.10 Å². The minimum Gasteiger partial charge on any atom is -0.325 e. The van der Waals surface area contributed by atoms with E-state index >= 15 is 0 Å². The second-order valence-electron chi connectivity index (χ2n) is 6.18. The highest BCUT2D eigenvalue weighted by Crippen LogP contribution is 2.23. The Hall–Kier alpha value is -2.67. The van der Waals surface area contributed by atoms with Gasteiger partial charge in [-0.3, -0.25) is 4.79 Å². The zero-order chi connectivity index (χ0) is 18.7. The molecule has 0 aliphatic carbocycles. The van der Waals surface area contributed by atoms with Crippen molar-refractivity contribution >= 4 is 23.4 Å². The molecular weight excluding hydrogens is 346 g/mol. The van der Waals surface area contributed by atoms with E-state index in [9.17, 15) is 4.79 Å². The molecule has 0 aliphatic heterocycles. The van der Waals surface area contributed by atoms with Crippen LogP contribution in [0.4, 0.5) is 5.69 Å². The summed E-state index contributed by atoms with van der Waals surface area (Å²) in [5.41, 5.74) is 4.94. The van der Waals surface area contributed by atoms with Crippen molar-refractivity contribution in [2.45, 2.75) is 32.7 Å². The van der Waals surface area contributed by atoms with Gasteiger partial charge in [-0.05, 0) is 45.4 Å². The summed E-state index contributed by atoms with van der Waals surface area (Å²) in [5.74, 6) is 0.813. The van der Waals surface area contributed by atoms with Crippen LogP contribution in [0, 0.1) is 27.7 Å². The fourth-order valence-corrected chi connectivity index (χ4v) is 3.43.